The lowest BCUT2D eigenvalue weighted by molar-refractivity contribution is -0.385. The lowest BCUT2D eigenvalue weighted by atomic mass is 10.1. The number of carbonyl (C=O) groups is 1. The van der Waals surface area contributed by atoms with Gasteiger partial charge >= 0.3 is 0 Å². The summed E-state index contributed by atoms with van der Waals surface area (Å²) < 4.78 is 0. The molecule has 1 saturated heterocycles. The van der Waals surface area contributed by atoms with E-state index in [0.717, 1.165) is 0 Å². The van der Waals surface area contributed by atoms with Crippen molar-refractivity contribution in [1.82, 2.24) is 4.90 Å². The summed E-state index contributed by atoms with van der Waals surface area (Å²) in [5.74, 6) is -0.274. The Hall–Kier alpha value is -3.24. The van der Waals surface area contributed by atoms with Crippen LogP contribution in [-0.4, -0.2) is 53.4 Å². The van der Waals surface area contributed by atoms with Crippen molar-refractivity contribution in [3.8, 4) is 0 Å². The van der Waals surface area contributed by atoms with Crippen LogP contribution in [-0.2, 0) is 4.79 Å². The molecule has 11 heteroatoms. The number of anilines is 2. The fourth-order valence-electron chi connectivity index (χ4n) is 3.41. The van der Waals surface area contributed by atoms with Crippen molar-refractivity contribution >= 4 is 40.3 Å². The molecular weight excluding hydrogens is 414 g/mol. The molecule has 0 bridgehead atoms. The van der Waals surface area contributed by atoms with Gasteiger partial charge in [-0.3, -0.25) is 29.9 Å². The fourth-order valence-corrected chi connectivity index (χ4v) is 3.57. The van der Waals surface area contributed by atoms with Crippen LogP contribution in [0.5, 0.6) is 0 Å². The molecule has 3 rings (SSSR count). The van der Waals surface area contributed by atoms with Crippen LogP contribution in [0.2, 0.25) is 5.02 Å². The maximum atomic E-state index is 12.4. The molecule has 1 N–H and O–H groups in total. The molecule has 10 nitrogen and oxygen atoms in total. The molecule has 0 saturated carbocycles. The first-order valence-corrected chi connectivity index (χ1v) is 9.59. The first-order chi connectivity index (χ1) is 14.3. The van der Waals surface area contributed by atoms with Crippen molar-refractivity contribution < 1.29 is 14.6 Å². The number of carbonyl (C=O) groups excluding carboxylic acids is 1. The Morgan fingerprint density at radius 2 is 1.73 bits per heavy atom. The Labute approximate surface area is 177 Å². The Balaban J connectivity index is 1.59. The summed E-state index contributed by atoms with van der Waals surface area (Å²) in [5, 5.41) is 25.4. The second-order valence-electron chi connectivity index (χ2n) is 6.91. The van der Waals surface area contributed by atoms with Gasteiger partial charge in [-0.15, -0.1) is 0 Å². The predicted molar refractivity (Wildman–Crippen MR) is 113 cm³/mol. The number of nitro groups is 2. The number of nitro benzene ring substituents is 2. The molecule has 0 radical (unpaired) electrons. The quantitative estimate of drug-likeness (QED) is 0.548. The van der Waals surface area contributed by atoms with E-state index in [1.165, 1.54) is 18.2 Å². The molecule has 2 aromatic rings. The average Bonchev–Trinajstić information content (AvgIpc) is 2.70. The van der Waals surface area contributed by atoms with E-state index in [1.807, 2.05) is 9.80 Å². The number of hydrogen-bond acceptors (Lipinski definition) is 7. The molecule has 1 aliphatic rings. The summed E-state index contributed by atoms with van der Waals surface area (Å²) in [4.78, 5) is 37.6. The van der Waals surface area contributed by atoms with E-state index >= 15 is 0 Å². The van der Waals surface area contributed by atoms with Gasteiger partial charge in [0, 0.05) is 43.3 Å². The maximum absolute atomic E-state index is 12.4. The zero-order chi connectivity index (χ0) is 21.8. The topological polar surface area (TPSA) is 122 Å². The third kappa shape index (κ3) is 4.84. The van der Waals surface area contributed by atoms with E-state index in [4.69, 9.17) is 11.6 Å². The van der Waals surface area contributed by atoms with Crippen LogP contribution in [0.15, 0.2) is 36.4 Å². The standard InChI is InChI=1S/C19H20ClN5O5/c1-13-15(3-2-4-16(13)24(27)28)21-19(26)12-22-7-9-23(10-8-22)17-6-5-14(20)11-18(17)25(29)30/h2-6,11H,7-10,12H2,1H3,(H,21,26). The predicted octanol–water partition coefficient (Wildman–Crippen LogP) is 3.23. The van der Waals surface area contributed by atoms with Gasteiger partial charge in [0.1, 0.15) is 5.69 Å². The molecule has 1 fully saturated rings. The van der Waals surface area contributed by atoms with Crippen molar-refractivity contribution in [3.05, 3.63) is 67.2 Å². The molecule has 1 amide bonds. The lowest BCUT2D eigenvalue weighted by Gasteiger charge is -2.35. The van der Waals surface area contributed by atoms with Crippen LogP contribution in [0.25, 0.3) is 0 Å². The lowest BCUT2D eigenvalue weighted by Crippen LogP contribution is -2.48. The van der Waals surface area contributed by atoms with Crippen molar-refractivity contribution in [1.29, 1.82) is 0 Å². The summed E-state index contributed by atoms with van der Waals surface area (Å²) in [5.41, 5.74) is 1.21. The average molecular weight is 434 g/mol. The highest BCUT2D eigenvalue weighted by Crippen LogP contribution is 2.31. The molecule has 158 valence electrons. The highest BCUT2D eigenvalue weighted by molar-refractivity contribution is 6.30. The second-order valence-corrected chi connectivity index (χ2v) is 7.34. The molecular formula is C19H20ClN5O5. The summed E-state index contributed by atoms with van der Waals surface area (Å²) >= 11 is 5.87. The van der Waals surface area contributed by atoms with Gasteiger partial charge in [0.15, 0.2) is 0 Å². The van der Waals surface area contributed by atoms with Crippen molar-refractivity contribution in [2.75, 3.05) is 42.9 Å². The molecule has 0 unspecified atom stereocenters. The Morgan fingerprint density at radius 1 is 1.07 bits per heavy atom. The third-order valence-corrected chi connectivity index (χ3v) is 5.23. The number of nitrogens with one attached hydrogen (secondary N) is 1. The van der Waals surface area contributed by atoms with Gasteiger partial charge in [-0.1, -0.05) is 17.7 Å². The summed E-state index contributed by atoms with van der Waals surface area (Å²) in [6, 6.07) is 9.12. The highest BCUT2D eigenvalue weighted by atomic mass is 35.5. The fraction of sp³-hybridized carbons (Fsp3) is 0.316. The molecule has 30 heavy (non-hydrogen) atoms. The van der Waals surface area contributed by atoms with Gasteiger partial charge in [0.25, 0.3) is 11.4 Å². The Kier molecular flexibility index (Phi) is 6.48. The number of nitrogens with zero attached hydrogens (tertiary/aromatic N) is 4. The number of halogens is 1. The maximum Gasteiger partial charge on any atom is 0.294 e. The van der Waals surface area contributed by atoms with Gasteiger partial charge < -0.3 is 10.2 Å². The van der Waals surface area contributed by atoms with Crippen LogP contribution in [0.1, 0.15) is 5.56 Å². The molecule has 0 spiro atoms. The van der Waals surface area contributed by atoms with E-state index < -0.39 is 9.85 Å². The van der Waals surface area contributed by atoms with E-state index in [2.05, 4.69) is 5.32 Å². The minimum atomic E-state index is -0.486. The highest BCUT2D eigenvalue weighted by Gasteiger charge is 2.25. The summed E-state index contributed by atoms with van der Waals surface area (Å²) in [6.07, 6.45) is 0. The number of benzene rings is 2. The number of amides is 1. The van der Waals surface area contributed by atoms with E-state index in [1.54, 1.807) is 25.1 Å². The molecule has 1 heterocycles. The van der Waals surface area contributed by atoms with Crippen LogP contribution < -0.4 is 10.2 Å². The molecule has 0 aromatic heterocycles. The minimum absolute atomic E-state index is 0.0464. The van der Waals surface area contributed by atoms with Gasteiger partial charge in [0.2, 0.25) is 5.91 Å². The number of rotatable bonds is 6. The zero-order valence-corrected chi connectivity index (χ0v) is 17.0. The monoisotopic (exact) mass is 433 g/mol. The summed E-state index contributed by atoms with van der Waals surface area (Å²) in [7, 11) is 0. The van der Waals surface area contributed by atoms with Crippen molar-refractivity contribution in [3.63, 3.8) is 0 Å². The third-order valence-electron chi connectivity index (χ3n) is 4.99. The molecule has 1 aliphatic heterocycles. The Bertz CT molecular complexity index is 991. The van der Waals surface area contributed by atoms with Gasteiger partial charge in [-0.05, 0) is 25.1 Å². The van der Waals surface area contributed by atoms with Gasteiger partial charge in [0.05, 0.1) is 27.6 Å². The SMILES string of the molecule is Cc1c(NC(=O)CN2CCN(c3ccc(Cl)cc3[N+](=O)[O-])CC2)cccc1[N+](=O)[O-]. The molecule has 2 aromatic carbocycles. The van der Waals surface area contributed by atoms with Gasteiger partial charge in [-0.25, -0.2) is 0 Å². The first kappa shape index (κ1) is 21.5. The molecule has 0 atom stereocenters. The minimum Gasteiger partial charge on any atom is -0.363 e. The van der Waals surface area contributed by atoms with E-state index in [-0.39, 0.29) is 23.8 Å². The zero-order valence-electron chi connectivity index (χ0n) is 16.2. The van der Waals surface area contributed by atoms with Crippen molar-refractivity contribution in [2.24, 2.45) is 0 Å². The van der Waals surface area contributed by atoms with Crippen LogP contribution >= 0.6 is 11.6 Å². The van der Waals surface area contributed by atoms with Crippen LogP contribution in [0.3, 0.4) is 0 Å². The van der Waals surface area contributed by atoms with E-state index in [9.17, 15) is 25.0 Å². The first-order valence-electron chi connectivity index (χ1n) is 9.21. The van der Waals surface area contributed by atoms with Gasteiger partial charge in [-0.2, -0.15) is 0 Å². The molecule has 0 aliphatic carbocycles. The smallest absolute Gasteiger partial charge is 0.294 e. The Morgan fingerprint density at radius 3 is 2.37 bits per heavy atom. The second kappa shape index (κ2) is 9.06. The van der Waals surface area contributed by atoms with Crippen LogP contribution in [0.4, 0.5) is 22.7 Å². The largest absolute Gasteiger partial charge is 0.363 e. The van der Waals surface area contributed by atoms with E-state index in [0.29, 0.717) is 48.1 Å². The number of hydrogen-bond donors (Lipinski definition) is 1. The van der Waals surface area contributed by atoms with Crippen molar-refractivity contribution in [2.45, 2.75) is 6.92 Å². The van der Waals surface area contributed by atoms with Crippen LogP contribution in [0, 0.1) is 27.2 Å². The normalized spacial score (nSPS) is 14.4. The number of piperazine rings is 1. The summed E-state index contributed by atoms with van der Waals surface area (Å²) in [6.45, 7) is 3.84.